The first-order valence-electron chi connectivity index (χ1n) is 6.40. The van der Waals surface area contributed by atoms with Crippen LogP contribution in [0.15, 0.2) is 23.2 Å². The number of rotatable bonds is 4. The molecule has 1 aromatic heterocycles. The molecule has 14 heteroatoms. The standard InChI is InChI=1S/C13H5Cl5F4N2O2S/c14-8-1-6(26-13(20,21)22)2-9(15)11(8)24-4-10(7(3-23)12(24)16)27(17,18,25)5-19/h1-2,4H,5H2. The zero-order valence-corrected chi connectivity index (χ0v) is 17.1. The van der Waals surface area contributed by atoms with E-state index in [1.165, 1.54) is 0 Å². The maximum Gasteiger partial charge on any atom is 0.573 e. The average molecular weight is 507 g/mol. The van der Waals surface area contributed by atoms with Crippen molar-refractivity contribution in [1.82, 2.24) is 4.57 Å². The highest BCUT2D eigenvalue weighted by atomic mass is 36.0. The fraction of sp³-hybridized carbons (Fsp3) is 0.154. The van der Waals surface area contributed by atoms with Crippen LogP contribution >= 0.6 is 56.2 Å². The second-order valence-corrected chi connectivity index (χ2v) is 13.0. The molecule has 0 fully saturated rings. The summed E-state index contributed by atoms with van der Waals surface area (Å²) in [6.45, 7) is 0. The molecular formula is C13H5Cl5F4N2O2S. The molecule has 0 amide bonds. The number of aromatic nitrogens is 1. The summed E-state index contributed by atoms with van der Waals surface area (Å²) in [5, 5.41) is 8.04. The van der Waals surface area contributed by atoms with E-state index in [0.717, 1.165) is 22.9 Å². The molecule has 0 saturated carbocycles. The van der Waals surface area contributed by atoms with E-state index in [4.69, 9.17) is 56.2 Å². The van der Waals surface area contributed by atoms with Crippen LogP contribution in [0.4, 0.5) is 17.6 Å². The Bertz CT molecular complexity index is 1000. The van der Waals surface area contributed by atoms with E-state index in [1.54, 1.807) is 6.07 Å². The molecule has 0 spiro atoms. The molecule has 2 aromatic rings. The lowest BCUT2D eigenvalue weighted by atomic mass is 10.3. The lowest BCUT2D eigenvalue weighted by Crippen LogP contribution is -2.19. The zero-order valence-electron chi connectivity index (χ0n) is 12.5. The smallest absolute Gasteiger partial charge is 0.406 e. The Hall–Kier alpha value is -0.890. The second kappa shape index (κ2) is 7.17. The Morgan fingerprint density at radius 2 is 1.70 bits per heavy atom. The summed E-state index contributed by atoms with van der Waals surface area (Å²) in [4.78, 5) is -0.618. The number of alkyl halides is 4. The molecule has 0 N–H and O–H groups in total. The Labute approximate surface area is 173 Å². The second-order valence-electron chi connectivity index (χ2n) is 4.94. The van der Waals surface area contributed by atoms with E-state index >= 15 is 0 Å². The van der Waals surface area contributed by atoms with Gasteiger partial charge in [-0.2, -0.15) is 5.26 Å². The summed E-state index contributed by atoms with van der Waals surface area (Å²) in [5.41, 5.74) is -0.713. The van der Waals surface area contributed by atoms with Crippen molar-refractivity contribution < 1.29 is 26.5 Å². The van der Waals surface area contributed by atoms with Crippen LogP contribution in [-0.4, -0.2) is 21.1 Å². The van der Waals surface area contributed by atoms with Crippen LogP contribution in [0.1, 0.15) is 5.56 Å². The Kier molecular flexibility index (Phi) is 5.95. The van der Waals surface area contributed by atoms with E-state index < -0.39 is 41.2 Å². The summed E-state index contributed by atoms with van der Waals surface area (Å²) in [6.07, 6.45) is -4.12. The largest absolute Gasteiger partial charge is 0.573 e. The highest BCUT2D eigenvalue weighted by Gasteiger charge is 2.40. The van der Waals surface area contributed by atoms with Gasteiger partial charge >= 0.3 is 6.36 Å². The van der Waals surface area contributed by atoms with Crippen LogP contribution in [-0.2, 0) is 7.49 Å². The van der Waals surface area contributed by atoms with E-state index in [0.29, 0.717) is 0 Å². The number of nitriles is 1. The van der Waals surface area contributed by atoms with Crippen molar-refractivity contribution in [2.24, 2.45) is 0 Å². The molecule has 0 bridgehead atoms. The van der Waals surface area contributed by atoms with Crippen LogP contribution in [0.3, 0.4) is 0 Å². The summed E-state index contributed by atoms with van der Waals surface area (Å²) in [5.74, 6) is -0.717. The molecule has 4 nitrogen and oxygen atoms in total. The molecule has 0 unspecified atom stereocenters. The Morgan fingerprint density at radius 1 is 1.19 bits per heavy atom. The SMILES string of the molecule is N#Cc1c(S(=O)(Cl)(Cl)CF)cn(-c2c(Cl)cc(OC(F)(F)F)cc2Cl)c1Cl. The number of benzene rings is 1. The fourth-order valence-electron chi connectivity index (χ4n) is 2.04. The fourth-order valence-corrected chi connectivity index (χ4v) is 4.67. The molecule has 27 heavy (non-hydrogen) atoms. The molecule has 0 aliphatic carbocycles. The molecule has 0 saturated heterocycles. The lowest BCUT2D eigenvalue weighted by molar-refractivity contribution is -0.274. The van der Waals surface area contributed by atoms with E-state index in [-0.39, 0.29) is 15.7 Å². The molecule has 148 valence electrons. The van der Waals surface area contributed by atoms with Gasteiger partial charge in [0.25, 0.3) is 0 Å². The van der Waals surface area contributed by atoms with Gasteiger partial charge in [-0.25, -0.2) is 8.60 Å². The lowest BCUT2D eigenvalue weighted by Gasteiger charge is -2.23. The molecule has 0 radical (unpaired) electrons. The molecule has 0 aliphatic heterocycles. The predicted octanol–water partition coefficient (Wildman–Crippen LogP) is 6.62. The number of hydrogen-bond acceptors (Lipinski definition) is 3. The minimum absolute atomic E-state index is 0.198. The van der Waals surface area contributed by atoms with E-state index in [2.05, 4.69) is 4.74 Å². The summed E-state index contributed by atoms with van der Waals surface area (Å²) < 4.78 is 67.3. The molecule has 1 heterocycles. The highest BCUT2D eigenvalue weighted by molar-refractivity contribution is 8.53. The summed E-state index contributed by atoms with van der Waals surface area (Å²) in [7, 11) is 6.18. The van der Waals surface area contributed by atoms with Crippen molar-refractivity contribution in [3.63, 3.8) is 0 Å². The maximum atomic E-state index is 13.2. The minimum Gasteiger partial charge on any atom is -0.406 e. The van der Waals surface area contributed by atoms with Gasteiger partial charge in [-0.3, -0.25) is 0 Å². The summed E-state index contributed by atoms with van der Waals surface area (Å²) >= 11 is 17.9. The van der Waals surface area contributed by atoms with Crippen LogP contribution in [0, 0.1) is 11.3 Å². The zero-order chi connectivity index (χ0) is 20.8. The van der Waals surface area contributed by atoms with Crippen molar-refractivity contribution in [3.05, 3.63) is 39.1 Å². The van der Waals surface area contributed by atoms with Gasteiger partial charge in [0.1, 0.15) is 22.5 Å². The van der Waals surface area contributed by atoms with Crippen LogP contribution in [0.5, 0.6) is 5.75 Å². The van der Waals surface area contributed by atoms with Crippen LogP contribution in [0.2, 0.25) is 15.2 Å². The summed E-state index contributed by atoms with van der Waals surface area (Å²) in [6, 6.07) is 1.43. The van der Waals surface area contributed by atoms with Gasteiger partial charge in [-0.15, -0.1) is 13.2 Å². The normalized spacial score (nSPS) is 13.7. The van der Waals surface area contributed by atoms with Crippen LogP contribution in [0.25, 0.3) is 5.69 Å². The highest BCUT2D eigenvalue weighted by Crippen LogP contribution is 2.50. The Morgan fingerprint density at radius 3 is 2.11 bits per heavy atom. The van der Waals surface area contributed by atoms with Gasteiger partial charge in [0.2, 0.25) is 0 Å². The van der Waals surface area contributed by atoms with E-state index in [9.17, 15) is 27.0 Å². The van der Waals surface area contributed by atoms with Gasteiger partial charge in [0.15, 0.2) is 6.01 Å². The number of nitrogens with zero attached hydrogens (tertiary/aromatic N) is 2. The molecular weight excluding hydrogens is 501 g/mol. The first kappa shape index (κ1) is 22.4. The average Bonchev–Trinajstić information content (AvgIpc) is 2.83. The van der Waals surface area contributed by atoms with Crippen molar-refractivity contribution in [1.29, 1.82) is 5.26 Å². The third-order valence-corrected chi connectivity index (χ3v) is 7.02. The molecule has 2 rings (SSSR count). The maximum absolute atomic E-state index is 13.2. The third-order valence-electron chi connectivity index (χ3n) is 3.08. The Balaban J connectivity index is 2.73. The number of hydrogen-bond donors (Lipinski definition) is 0. The van der Waals surface area contributed by atoms with Crippen LogP contribution < -0.4 is 4.74 Å². The minimum atomic E-state index is -5.11. The van der Waals surface area contributed by atoms with Gasteiger partial charge < -0.3 is 9.30 Å². The van der Waals surface area contributed by atoms with Crippen molar-refractivity contribution >= 4 is 63.7 Å². The predicted molar refractivity (Wildman–Crippen MR) is 96.3 cm³/mol. The van der Waals surface area contributed by atoms with E-state index in [1.807, 2.05) is 0 Å². The molecule has 1 aromatic carbocycles. The first-order valence-corrected chi connectivity index (χ1v) is 11.3. The topological polar surface area (TPSA) is 55.0 Å². The van der Waals surface area contributed by atoms with Crippen molar-refractivity contribution in [3.8, 4) is 17.5 Å². The van der Waals surface area contributed by atoms with Gasteiger partial charge in [0.05, 0.1) is 28.1 Å². The third kappa shape index (κ3) is 4.58. The molecule has 0 aliphatic rings. The molecule has 0 atom stereocenters. The quantitative estimate of drug-likeness (QED) is 0.346. The number of halogens is 9. The van der Waals surface area contributed by atoms with Gasteiger partial charge in [-0.05, 0) is 21.4 Å². The van der Waals surface area contributed by atoms with Gasteiger partial charge in [-0.1, -0.05) is 34.8 Å². The monoisotopic (exact) mass is 504 g/mol. The van der Waals surface area contributed by atoms with Crippen molar-refractivity contribution in [2.45, 2.75) is 11.3 Å². The van der Waals surface area contributed by atoms with Crippen molar-refractivity contribution in [2.75, 3.05) is 6.01 Å². The first-order chi connectivity index (χ1) is 12.2. The number of ether oxygens (including phenoxy) is 1. The van der Waals surface area contributed by atoms with Gasteiger partial charge in [0, 0.05) is 18.3 Å².